The molecule has 2 N–H and O–H groups in total. The fourth-order valence-corrected chi connectivity index (χ4v) is 8.23. The molecule has 3 amide bonds. The molecule has 7 rings (SSSR count). The summed E-state index contributed by atoms with van der Waals surface area (Å²) >= 11 is 0. The summed E-state index contributed by atoms with van der Waals surface area (Å²) in [6.45, 7) is 2.16. The number of methoxy groups -OCH3 is 1. The Morgan fingerprint density at radius 3 is 2.66 bits per heavy atom. The monoisotopic (exact) mass is 702 g/mol. The number of sulfonamides is 1. The number of rotatable bonds is 7. The van der Waals surface area contributed by atoms with Crippen molar-refractivity contribution in [2.24, 2.45) is 5.92 Å². The number of hydrogen-bond acceptors (Lipinski definition) is 9. The first-order chi connectivity index (χ1) is 24.1. The number of carbonyl (C=O) groups excluding carboxylic acids is 3. The van der Waals surface area contributed by atoms with E-state index in [1.165, 1.54) is 4.90 Å². The van der Waals surface area contributed by atoms with Gasteiger partial charge < -0.3 is 24.4 Å². The first-order valence-electron chi connectivity index (χ1n) is 17.3. The maximum Gasteiger partial charge on any atom is 0.259 e. The third kappa shape index (κ3) is 6.93. The third-order valence-electron chi connectivity index (χ3n) is 10.0. The van der Waals surface area contributed by atoms with Gasteiger partial charge >= 0.3 is 0 Å². The van der Waals surface area contributed by atoms with Crippen LogP contribution in [0.5, 0.6) is 11.5 Å². The van der Waals surface area contributed by atoms with Crippen molar-refractivity contribution in [2.75, 3.05) is 20.3 Å². The van der Waals surface area contributed by atoms with Gasteiger partial charge in [-0.15, -0.1) is 0 Å². The molecule has 264 valence electrons. The van der Waals surface area contributed by atoms with Crippen LogP contribution in [0.25, 0.3) is 22.2 Å². The zero-order chi connectivity index (χ0) is 35.0. The number of aromatic nitrogens is 1. The van der Waals surface area contributed by atoms with E-state index in [0.29, 0.717) is 42.2 Å². The summed E-state index contributed by atoms with van der Waals surface area (Å²) in [4.78, 5) is 48.0. The molecule has 2 aliphatic carbocycles. The van der Waals surface area contributed by atoms with Gasteiger partial charge in [0.05, 0.1) is 30.1 Å². The van der Waals surface area contributed by atoms with Gasteiger partial charge in [0.2, 0.25) is 15.9 Å². The number of nitrogens with zero attached hydrogens (tertiary/aromatic N) is 2. The Morgan fingerprint density at radius 1 is 1.10 bits per heavy atom. The zero-order valence-electron chi connectivity index (χ0n) is 28.2. The number of amides is 3. The fraction of sp³-hybridized carbons (Fsp3) is 0.459. The Bertz CT molecular complexity index is 1930. The number of pyridine rings is 1. The van der Waals surface area contributed by atoms with Crippen LogP contribution in [0, 0.1) is 5.92 Å². The fourth-order valence-electron chi connectivity index (χ4n) is 6.87. The van der Waals surface area contributed by atoms with Gasteiger partial charge in [-0.2, -0.15) is 0 Å². The van der Waals surface area contributed by atoms with E-state index in [1.54, 1.807) is 14.0 Å². The summed E-state index contributed by atoms with van der Waals surface area (Å²) in [7, 11) is -2.25. The Morgan fingerprint density at radius 2 is 1.90 bits per heavy atom. The van der Waals surface area contributed by atoms with Crippen molar-refractivity contribution >= 4 is 38.6 Å². The highest BCUT2D eigenvalue weighted by molar-refractivity contribution is 7.91. The minimum atomic E-state index is -3.84. The summed E-state index contributed by atoms with van der Waals surface area (Å²) in [6, 6.07) is 16.1. The molecule has 2 aliphatic heterocycles. The largest absolute Gasteiger partial charge is 0.497 e. The predicted molar refractivity (Wildman–Crippen MR) is 186 cm³/mol. The molecule has 2 saturated carbocycles. The van der Waals surface area contributed by atoms with E-state index in [0.717, 1.165) is 30.2 Å². The van der Waals surface area contributed by atoms with E-state index < -0.39 is 50.9 Å². The molecule has 4 aliphatic rings. The van der Waals surface area contributed by atoms with Crippen LogP contribution in [-0.4, -0.2) is 85.3 Å². The number of ether oxygens (including phenoxy) is 3. The Kier molecular flexibility index (Phi) is 9.29. The molecule has 5 atom stereocenters. The van der Waals surface area contributed by atoms with E-state index in [1.807, 2.05) is 66.7 Å². The minimum absolute atomic E-state index is 0.101. The van der Waals surface area contributed by atoms with Crippen molar-refractivity contribution in [3.8, 4) is 22.8 Å². The Labute approximate surface area is 291 Å². The number of benzene rings is 2. The molecule has 0 radical (unpaired) electrons. The molecular formula is C37H42N4O8S. The second kappa shape index (κ2) is 13.7. The summed E-state index contributed by atoms with van der Waals surface area (Å²) in [6.07, 6.45) is 6.11. The Hall–Kier alpha value is -4.49. The highest BCUT2D eigenvalue weighted by Crippen LogP contribution is 2.46. The lowest BCUT2D eigenvalue weighted by Gasteiger charge is -2.28. The molecule has 0 unspecified atom stereocenters. The topological polar surface area (TPSA) is 153 Å². The van der Waals surface area contributed by atoms with Crippen LogP contribution in [0.3, 0.4) is 0 Å². The van der Waals surface area contributed by atoms with Gasteiger partial charge in [0.25, 0.3) is 11.8 Å². The second-order valence-electron chi connectivity index (χ2n) is 13.6. The smallest absolute Gasteiger partial charge is 0.259 e. The minimum Gasteiger partial charge on any atom is -0.497 e. The molecule has 0 spiro atoms. The summed E-state index contributed by atoms with van der Waals surface area (Å²) < 4.78 is 45.7. The average Bonchev–Trinajstić information content (AvgIpc) is 4.04. The normalized spacial score (nSPS) is 28.0. The van der Waals surface area contributed by atoms with E-state index in [-0.39, 0.29) is 31.2 Å². The van der Waals surface area contributed by atoms with Gasteiger partial charge in [0.15, 0.2) is 0 Å². The number of carbonyl (C=O) groups is 3. The van der Waals surface area contributed by atoms with Gasteiger partial charge in [-0.25, -0.2) is 13.4 Å². The number of fused-ring (bicyclic) bond motifs is 3. The maximum absolute atomic E-state index is 14.2. The molecule has 12 nitrogen and oxygen atoms in total. The molecular weight excluding hydrogens is 660 g/mol. The molecule has 13 heteroatoms. The van der Waals surface area contributed by atoms with Crippen LogP contribution in [0.15, 0.2) is 66.7 Å². The van der Waals surface area contributed by atoms with Gasteiger partial charge in [0, 0.05) is 42.0 Å². The predicted octanol–water partition coefficient (Wildman–Crippen LogP) is 3.89. The lowest BCUT2D eigenvalue weighted by atomic mass is 10.1. The van der Waals surface area contributed by atoms with E-state index in [4.69, 9.17) is 19.2 Å². The van der Waals surface area contributed by atoms with Crippen molar-refractivity contribution in [3.63, 3.8) is 0 Å². The van der Waals surface area contributed by atoms with Gasteiger partial charge in [-0.3, -0.25) is 19.1 Å². The highest BCUT2D eigenvalue weighted by atomic mass is 32.2. The van der Waals surface area contributed by atoms with Crippen LogP contribution in [0.1, 0.15) is 51.9 Å². The SMILES string of the molecule is COc1ccc2c(O[C@@H]3C[C@H]4C(=O)N[C@]5(C(=O)NS(=O)(=O)C6CC6)C[C@H]5/C=C\CCCCO[C@H](C)C(=O)N4C3)cc(-c3ccccc3)nc2c1. The molecule has 50 heavy (non-hydrogen) atoms. The molecule has 3 fully saturated rings. The number of hydrogen-bond donors (Lipinski definition) is 2. The summed E-state index contributed by atoms with van der Waals surface area (Å²) in [5, 5.41) is 3.05. The van der Waals surface area contributed by atoms with Crippen LogP contribution in [0.4, 0.5) is 0 Å². The van der Waals surface area contributed by atoms with Crippen molar-refractivity contribution in [1.82, 2.24) is 19.9 Å². The maximum atomic E-state index is 14.2. The first kappa shape index (κ1) is 34.0. The first-order valence-corrected chi connectivity index (χ1v) is 18.8. The van der Waals surface area contributed by atoms with Gasteiger partial charge in [-0.05, 0) is 57.6 Å². The Balaban J connectivity index is 1.19. The number of nitrogens with one attached hydrogen (secondary N) is 2. The van der Waals surface area contributed by atoms with E-state index in [9.17, 15) is 22.8 Å². The van der Waals surface area contributed by atoms with Crippen LogP contribution in [-0.2, 0) is 29.1 Å². The standard InChI is InChI=1S/C37H42N4O8S/c1-23-35(43)41-22-27(49-33-20-30(24-10-6-5-7-11-24)38-31-18-26(47-2)13-16-29(31)33)19-32(41)34(42)39-37(36(44)40-50(45,46)28-14-15-28)21-25(37)12-8-3-4-9-17-48-23/h5-8,10-13,16,18,20,23,25,27-28,32H,3-4,9,14-15,17,19,21-22H2,1-2H3,(H,39,42)(H,40,44)/b12-8-/t23-,25-,27-,32+,37-/m1/s1. The van der Waals surface area contributed by atoms with Crippen molar-refractivity contribution in [2.45, 2.75) is 80.9 Å². The van der Waals surface area contributed by atoms with Crippen LogP contribution >= 0.6 is 0 Å². The summed E-state index contributed by atoms with van der Waals surface area (Å²) in [5.41, 5.74) is 0.802. The molecule has 1 saturated heterocycles. The quantitative estimate of drug-likeness (QED) is 0.350. The summed E-state index contributed by atoms with van der Waals surface area (Å²) in [5.74, 6) is -0.855. The number of allylic oxidation sites excluding steroid dienone is 1. The van der Waals surface area contributed by atoms with E-state index >= 15 is 0 Å². The third-order valence-corrected chi connectivity index (χ3v) is 11.8. The van der Waals surface area contributed by atoms with Crippen molar-refractivity contribution < 1.29 is 37.0 Å². The molecule has 2 aromatic carbocycles. The van der Waals surface area contributed by atoms with Crippen LogP contribution < -0.4 is 19.5 Å². The lowest BCUT2D eigenvalue weighted by molar-refractivity contribution is -0.147. The molecule has 1 aromatic heterocycles. The van der Waals surface area contributed by atoms with Crippen molar-refractivity contribution in [1.29, 1.82) is 0 Å². The molecule has 0 bridgehead atoms. The highest BCUT2D eigenvalue weighted by Gasteiger charge is 2.62. The lowest BCUT2D eigenvalue weighted by Crippen LogP contribution is -2.57. The van der Waals surface area contributed by atoms with E-state index in [2.05, 4.69) is 10.0 Å². The average molecular weight is 703 g/mol. The van der Waals surface area contributed by atoms with Crippen molar-refractivity contribution in [3.05, 3.63) is 66.7 Å². The molecule has 3 heterocycles. The zero-order valence-corrected chi connectivity index (χ0v) is 29.0. The second-order valence-corrected chi connectivity index (χ2v) is 15.6. The van der Waals surface area contributed by atoms with Crippen LogP contribution in [0.2, 0.25) is 0 Å². The molecule has 3 aromatic rings. The van der Waals surface area contributed by atoms with Gasteiger partial charge in [-0.1, -0.05) is 42.5 Å². The van der Waals surface area contributed by atoms with Gasteiger partial charge in [0.1, 0.15) is 35.3 Å².